The first-order chi connectivity index (χ1) is 8.33. The average molecular weight is 234 g/mol. The van der Waals surface area contributed by atoms with E-state index in [1.807, 2.05) is 0 Å². The monoisotopic (exact) mass is 234 g/mol. The van der Waals surface area contributed by atoms with Gasteiger partial charge in [0.05, 0.1) is 6.61 Å². The van der Waals surface area contributed by atoms with E-state index in [1.165, 1.54) is 24.0 Å². The van der Waals surface area contributed by atoms with E-state index in [0.29, 0.717) is 13.2 Å². The lowest BCUT2D eigenvalue weighted by Crippen LogP contribution is -2.29. The van der Waals surface area contributed by atoms with Gasteiger partial charge in [-0.2, -0.15) is 0 Å². The first-order valence-electron chi connectivity index (χ1n) is 6.34. The normalized spacial score (nSPS) is 17.1. The van der Waals surface area contributed by atoms with Crippen molar-refractivity contribution in [2.75, 3.05) is 20.2 Å². The molecular weight excluding hydrogens is 212 g/mol. The number of nitrogens with one attached hydrogen (secondary N) is 1. The molecule has 1 saturated carbocycles. The van der Waals surface area contributed by atoms with Gasteiger partial charge in [0.25, 0.3) is 0 Å². The lowest BCUT2D eigenvalue weighted by atomic mass is 10.0. The quantitative estimate of drug-likeness (QED) is 0.756. The third-order valence-electron chi connectivity index (χ3n) is 3.28. The van der Waals surface area contributed by atoms with Gasteiger partial charge in [-0.1, -0.05) is 24.3 Å². The van der Waals surface area contributed by atoms with Crippen molar-refractivity contribution in [1.29, 1.82) is 0 Å². The number of hydrogen-bond acceptors (Lipinski definition) is 3. The van der Waals surface area contributed by atoms with Gasteiger partial charge in [0.1, 0.15) is 0 Å². The summed E-state index contributed by atoms with van der Waals surface area (Å²) in [5, 5.41) is 3.54. The number of hydrogen-bond donors (Lipinski definition) is 2. The molecule has 1 aromatic carbocycles. The SMILES string of the molecule is COCc1ccc(C(CN)NCC2CC2)cc1. The number of methoxy groups -OCH3 is 1. The third kappa shape index (κ3) is 3.80. The second-order valence-electron chi connectivity index (χ2n) is 4.81. The topological polar surface area (TPSA) is 47.3 Å². The zero-order valence-corrected chi connectivity index (χ0v) is 10.5. The number of rotatable bonds is 7. The largest absolute Gasteiger partial charge is 0.380 e. The molecule has 0 bridgehead atoms. The van der Waals surface area contributed by atoms with Crippen LogP contribution in [0.2, 0.25) is 0 Å². The van der Waals surface area contributed by atoms with Crippen LogP contribution < -0.4 is 11.1 Å². The summed E-state index contributed by atoms with van der Waals surface area (Å²) in [4.78, 5) is 0. The Morgan fingerprint density at radius 1 is 1.35 bits per heavy atom. The van der Waals surface area contributed by atoms with E-state index in [0.717, 1.165) is 12.5 Å². The fourth-order valence-corrected chi connectivity index (χ4v) is 1.98. The second kappa shape index (κ2) is 6.15. The molecule has 94 valence electrons. The Hall–Kier alpha value is -0.900. The molecule has 1 aliphatic carbocycles. The molecule has 0 radical (unpaired) electrons. The van der Waals surface area contributed by atoms with Crippen molar-refractivity contribution in [2.45, 2.75) is 25.5 Å². The Morgan fingerprint density at radius 3 is 2.59 bits per heavy atom. The van der Waals surface area contributed by atoms with Crippen LogP contribution >= 0.6 is 0 Å². The molecule has 1 unspecified atom stereocenters. The van der Waals surface area contributed by atoms with Gasteiger partial charge < -0.3 is 15.8 Å². The van der Waals surface area contributed by atoms with Gasteiger partial charge in [0.15, 0.2) is 0 Å². The van der Waals surface area contributed by atoms with Crippen LogP contribution in [0, 0.1) is 5.92 Å². The van der Waals surface area contributed by atoms with Crippen molar-refractivity contribution < 1.29 is 4.74 Å². The van der Waals surface area contributed by atoms with Gasteiger partial charge >= 0.3 is 0 Å². The van der Waals surface area contributed by atoms with E-state index < -0.39 is 0 Å². The highest BCUT2D eigenvalue weighted by molar-refractivity contribution is 5.25. The van der Waals surface area contributed by atoms with Crippen LogP contribution in [0.3, 0.4) is 0 Å². The minimum atomic E-state index is 0.284. The van der Waals surface area contributed by atoms with E-state index in [2.05, 4.69) is 29.6 Å². The van der Waals surface area contributed by atoms with Crippen LogP contribution in [0.5, 0.6) is 0 Å². The average Bonchev–Trinajstić information content (AvgIpc) is 3.16. The van der Waals surface area contributed by atoms with E-state index >= 15 is 0 Å². The summed E-state index contributed by atoms with van der Waals surface area (Å²) < 4.78 is 5.10. The summed E-state index contributed by atoms with van der Waals surface area (Å²) in [6, 6.07) is 8.80. The smallest absolute Gasteiger partial charge is 0.0713 e. The van der Waals surface area contributed by atoms with Crippen molar-refractivity contribution in [3.63, 3.8) is 0 Å². The standard InChI is InChI=1S/C14H22N2O/c1-17-10-12-4-6-13(7-5-12)14(8-15)16-9-11-2-3-11/h4-7,11,14,16H,2-3,8-10,15H2,1H3. The molecule has 0 saturated heterocycles. The fourth-order valence-electron chi connectivity index (χ4n) is 1.98. The highest BCUT2D eigenvalue weighted by atomic mass is 16.5. The lowest BCUT2D eigenvalue weighted by molar-refractivity contribution is 0.185. The molecule has 3 N–H and O–H groups in total. The summed E-state index contributed by atoms with van der Waals surface area (Å²) in [7, 11) is 1.72. The highest BCUT2D eigenvalue weighted by Crippen LogP contribution is 2.28. The highest BCUT2D eigenvalue weighted by Gasteiger charge is 2.22. The molecular formula is C14H22N2O. The van der Waals surface area contributed by atoms with Gasteiger partial charge in [0.2, 0.25) is 0 Å². The molecule has 0 spiro atoms. The molecule has 17 heavy (non-hydrogen) atoms. The van der Waals surface area contributed by atoms with Crippen LogP contribution in [-0.4, -0.2) is 20.2 Å². The maximum atomic E-state index is 5.82. The molecule has 0 aromatic heterocycles. The van der Waals surface area contributed by atoms with Crippen molar-refractivity contribution in [1.82, 2.24) is 5.32 Å². The molecule has 2 rings (SSSR count). The van der Waals surface area contributed by atoms with Gasteiger partial charge in [-0.25, -0.2) is 0 Å². The van der Waals surface area contributed by atoms with Crippen LogP contribution in [0.25, 0.3) is 0 Å². The Morgan fingerprint density at radius 2 is 2.06 bits per heavy atom. The first-order valence-corrected chi connectivity index (χ1v) is 6.34. The second-order valence-corrected chi connectivity index (χ2v) is 4.81. The third-order valence-corrected chi connectivity index (χ3v) is 3.28. The Kier molecular flexibility index (Phi) is 4.54. The van der Waals surface area contributed by atoms with Gasteiger partial charge in [-0.05, 0) is 36.4 Å². The van der Waals surface area contributed by atoms with Crippen molar-refractivity contribution >= 4 is 0 Å². The molecule has 1 atom stereocenters. The predicted molar refractivity (Wildman–Crippen MR) is 69.7 cm³/mol. The minimum Gasteiger partial charge on any atom is -0.380 e. The Balaban J connectivity index is 1.92. The molecule has 1 fully saturated rings. The summed E-state index contributed by atoms with van der Waals surface area (Å²) >= 11 is 0. The fraction of sp³-hybridized carbons (Fsp3) is 0.571. The van der Waals surface area contributed by atoms with Crippen LogP contribution in [-0.2, 0) is 11.3 Å². The number of ether oxygens (including phenoxy) is 1. The maximum Gasteiger partial charge on any atom is 0.0713 e. The zero-order valence-electron chi connectivity index (χ0n) is 10.5. The van der Waals surface area contributed by atoms with E-state index in [4.69, 9.17) is 10.5 Å². The number of benzene rings is 1. The van der Waals surface area contributed by atoms with Crippen LogP contribution in [0.4, 0.5) is 0 Å². The first kappa shape index (κ1) is 12.6. The summed E-state index contributed by atoms with van der Waals surface area (Å²) in [5.41, 5.74) is 8.30. The summed E-state index contributed by atoms with van der Waals surface area (Å²) in [6.07, 6.45) is 2.74. The van der Waals surface area contributed by atoms with Crippen molar-refractivity contribution in [3.8, 4) is 0 Å². The van der Waals surface area contributed by atoms with Crippen LogP contribution in [0.1, 0.15) is 30.0 Å². The molecule has 1 aromatic rings. The molecule has 3 heteroatoms. The molecule has 0 amide bonds. The summed E-state index contributed by atoms with van der Waals surface area (Å²) in [6.45, 7) is 2.42. The van der Waals surface area contributed by atoms with Gasteiger partial charge in [-0.3, -0.25) is 0 Å². The summed E-state index contributed by atoms with van der Waals surface area (Å²) in [5.74, 6) is 0.886. The zero-order chi connectivity index (χ0) is 12.1. The molecule has 0 heterocycles. The Bertz CT molecular complexity index is 333. The van der Waals surface area contributed by atoms with Crippen molar-refractivity contribution in [3.05, 3.63) is 35.4 Å². The maximum absolute atomic E-state index is 5.82. The lowest BCUT2D eigenvalue weighted by Gasteiger charge is -2.17. The van der Waals surface area contributed by atoms with Gasteiger partial charge in [-0.15, -0.1) is 0 Å². The minimum absolute atomic E-state index is 0.284. The van der Waals surface area contributed by atoms with Gasteiger partial charge in [0, 0.05) is 19.7 Å². The van der Waals surface area contributed by atoms with Crippen LogP contribution in [0.15, 0.2) is 24.3 Å². The number of nitrogens with two attached hydrogens (primary N) is 1. The van der Waals surface area contributed by atoms with E-state index in [-0.39, 0.29) is 6.04 Å². The molecule has 3 nitrogen and oxygen atoms in total. The molecule has 1 aliphatic rings. The Labute approximate surface area is 103 Å². The van der Waals surface area contributed by atoms with Crippen molar-refractivity contribution in [2.24, 2.45) is 11.7 Å². The molecule has 0 aliphatic heterocycles. The van der Waals surface area contributed by atoms with E-state index in [1.54, 1.807) is 7.11 Å². The predicted octanol–water partition coefficient (Wildman–Crippen LogP) is 1.83. The van der Waals surface area contributed by atoms with E-state index in [9.17, 15) is 0 Å².